The monoisotopic (exact) mass is 327 g/mol. The number of benzene rings is 1. The number of carboxylic acid groups (broad SMARTS) is 1. The van der Waals surface area contributed by atoms with E-state index in [1.54, 1.807) is 12.1 Å². The number of carbonyl (C=O) groups excluding carboxylic acids is 1. The summed E-state index contributed by atoms with van der Waals surface area (Å²) in [7, 11) is 0. The van der Waals surface area contributed by atoms with Gasteiger partial charge < -0.3 is 10.4 Å². The van der Waals surface area contributed by atoms with Gasteiger partial charge in [-0.1, -0.05) is 0 Å². The number of carboxylic acids is 1. The highest BCUT2D eigenvalue weighted by atomic mass is 32.2. The number of hydrogen-bond acceptors (Lipinski definition) is 4. The largest absolute Gasteiger partial charge is 0.480 e. The molecule has 0 bridgehead atoms. The Labute approximate surface area is 129 Å². The molecule has 0 spiro atoms. The van der Waals surface area contributed by atoms with E-state index in [-0.39, 0.29) is 5.82 Å². The van der Waals surface area contributed by atoms with E-state index >= 15 is 0 Å². The summed E-state index contributed by atoms with van der Waals surface area (Å²) in [5.74, 6) is -1.21. The first-order chi connectivity index (χ1) is 10.0. The van der Waals surface area contributed by atoms with Gasteiger partial charge in [-0.15, -0.1) is 11.3 Å². The summed E-state index contributed by atoms with van der Waals surface area (Å²) in [6.45, 7) is 0. The van der Waals surface area contributed by atoms with Crippen LogP contribution < -0.4 is 5.32 Å². The highest BCUT2D eigenvalue weighted by molar-refractivity contribution is 7.98. The molecule has 2 rings (SSSR count). The Morgan fingerprint density at radius 3 is 2.86 bits per heavy atom. The normalized spacial score (nSPS) is 12.3. The average Bonchev–Trinajstić information content (AvgIpc) is 2.85. The summed E-state index contributed by atoms with van der Waals surface area (Å²) < 4.78 is 13.9. The van der Waals surface area contributed by atoms with Gasteiger partial charge in [-0.25, -0.2) is 9.18 Å². The third-order valence-corrected chi connectivity index (χ3v) is 4.68. The number of nitrogens with one attached hydrogen (secondary N) is 1. The smallest absolute Gasteiger partial charge is 0.326 e. The lowest BCUT2D eigenvalue weighted by molar-refractivity contribution is -0.139. The van der Waals surface area contributed by atoms with Crippen LogP contribution in [0.2, 0.25) is 0 Å². The molecule has 0 aliphatic heterocycles. The predicted octanol–water partition coefficient (Wildman–Crippen LogP) is 2.98. The Morgan fingerprint density at radius 2 is 2.19 bits per heavy atom. The molecule has 0 saturated heterocycles. The van der Waals surface area contributed by atoms with Crippen LogP contribution in [0.25, 0.3) is 10.1 Å². The van der Waals surface area contributed by atoms with E-state index in [1.165, 1.54) is 35.2 Å². The molecule has 2 N–H and O–H groups in total. The van der Waals surface area contributed by atoms with Crippen molar-refractivity contribution in [1.29, 1.82) is 0 Å². The molecule has 0 unspecified atom stereocenters. The first-order valence-electron chi connectivity index (χ1n) is 6.23. The van der Waals surface area contributed by atoms with Gasteiger partial charge in [-0.3, -0.25) is 4.79 Å². The first-order valence-corrected chi connectivity index (χ1v) is 8.44. The lowest BCUT2D eigenvalue weighted by Gasteiger charge is -2.12. The maximum absolute atomic E-state index is 13.1. The molecule has 1 amide bonds. The molecule has 0 aliphatic rings. The number of rotatable bonds is 6. The van der Waals surface area contributed by atoms with Gasteiger partial charge in [-0.2, -0.15) is 11.8 Å². The topological polar surface area (TPSA) is 66.4 Å². The van der Waals surface area contributed by atoms with Gasteiger partial charge in [0.2, 0.25) is 0 Å². The maximum atomic E-state index is 13.1. The summed E-state index contributed by atoms with van der Waals surface area (Å²) in [5, 5.41) is 12.2. The summed E-state index contributed by atoms with van der Waals surface area (Å²) in [6.07, 6.45) is 2.24. The zero-order chi connectivity index (χ0) is 15.4. The van der Waals surface area contributed by atoms with Crippen LogP contribution in [0.15, 0.2) is 24.3 Å². The molecule has 21 heavy (non-hydrogen) atoms. The second-order valence-corrected chi connectivity index (χ2v) is 6.51. The third kappa shape index (κ3) is 3.95. The van der Waals surface area contributed by atoms with E-state index in [0.717, 1.165) is 4.70 Å². The molecule has 0 aliphatic carbocycles. The molecule has 0 fully saturated rings. The number of aliphatic carboxylic acids is 1. The van der Waals surface area contributed by atoms with Crippen molar-refractivity contribution >= 4 is 45.1 Å². The van der Waals surface area contributed by atoms with Crippen LogP contribution in [0.5, 0.6) is 0 Å². The van der Waals surface area contributed by atoms with Crippen LogP contribution >= 0.6 is 23.1 Å². The number of carbonyl (C=O) groups is 2. The van der Waals surface area contributed by atoms with E-state index < -0.39 is 17.9 Å². The minimum absolute atomic E-state index is 0.363. The van der Waals surface area contributed by atoms with E-state index in [4.69, 9.17) is 5.11 Å². The Bertz CT molecular complexity index is 671. The zero-order valence-electron chi connectivity index (χ0n) is 11.3. The molecule has 1 atom stereocenters. The Hall–Kier alpha value is -1.60. The second kappa shape index (κ2) is 6.91. The SMILES string of the molecule is CSCC[C@H](NC(=O)c1cc2cc(F)ccc2s1)C(=O)O. The van der Waals surface area contributed by atoms with Gasteiger partial charge in [-0.05, 0) is 48.1 Å². The highest BCUT2D eigenvalue weighted by Crippen LogP contribution is 2.26. The van der Waals surface area contributed by atoms with Crippen LogP contribution in [0.4, 0.5) is 4.39 Å². The molecule has 0 saturated carbocycles. The van der Waals surface area contributed by atoms with Gasteiger partial charge in [0.15, 0.2) is 0 Å². The molecule has 112 valence electrons. The fourth-order valence-corrected chi connectivity index (χ4v) is 3.27. The molecule has 2 aromatic rings. The van der Waals surface area contributed by atoms with Crippen molar-refractivity contribution in [2.24, 2.45) is 0 Å². The van der Waals surface area contributed by atoms with Crippen molar-refractivity contribution < 1.29 is 19.1 Å². The van der Waals surface area contributed by atoms with Crippen LogP contribution in [0, 0.1) is 5.82 Å². The summed E-state index contributed by atoms with van der Waals surface area (Å²) in [5.41, 5.74) is 0. The number of amides is 1. The molecule has 1 aromatic carbocycles. The van der Waals surface area contributed by atoms with Crippen LogP contribution in [-0.4, -0.2) is 35.0 Å². The molecule has 1 aromatic heterocycles. The van der Waals surface area contributed by atoms with Crippen molar-refractivity contribution in [2.45, 2.75) is 12.5 Å². The minimum Gasteiger partial charge on any atom is -0.480 e. The number of hydrogen-bond donors (Lipinski definition) is 2. The Kier molecular flexibility index (Phi) is 5.19. The van der Waals surface area contributed by atoms with Gasteiger partial charge in [0.05, 0.1) is 4.88 Å². The summed E-state index contributed by atoms with van der Waals surface area (Å²) in [6, 6.07) is 4.96. The molecule has 0 radical (unpaired) electrons. The van der Waals surface area contributed by atoms with Gasteiger partial charge >= 0.3 is 5.97 Å². The molecule has 4 nitrogen and oxygen atoms in total. The first kappa shape index (κ1) is 15.8. The fourth-order valence-electron chi connectivity index (χ4n) is 1.85. The Morgan fingerprint density at radius 1 is 1.43 bits per heavy atom. The van der Waals surface area contributed by atoms with E-state index in [9.17, 15) is 14.0 Å². The molecule has 7 heteroatoms. The Balaban J connectivity index is 2.15. The molecular formula is C14H14FNO3S2. The minimum atomic E-state index is -1.05. The van der Waals surface area contributed by atoms with Crippen LogP contribution in [0.1, 0.15) is 16.1 Å². The van der Waals surface area contributed by atoms with Crippen molar-refractivity contribution in [3.8, 4) is 0 Å². The van der Waals surface area contributed by atoms with E-state index in [1.807, 2.05) is 6.26 Å². The number of fused-ring (bicyclic) bond motifs is 1. The van der Waals surface area contributed by atoms with Crippen molar-refractivity contribution in [2.75, 3.05) is 12.0 Å². The third-order valence-electron chi connectivity index (χ3n) is 2.92. The predicted molar refractivity (Wildman–Crippen MR) is 83.7 cm³/mol. The van der Waals surface area contributed by atoms with Gasteiger partial charge in [0.25, 0.3) is 5.91 Å². The standard InChI is InChI=1S/C14H14FNO3S2/c1-20-5-4-10(14(18)19)16-13(17)12-7-8-6-9(15)2-3-11(8)21-12/h2-3,6-7,10H,4-5H2,1H3,(H,16,17)(H,18,19)/t10-/m0/s1. The average molecular weight is 327 g/mol. The maximum Gasteiger partial charge on any atom is 0.326 e. The van der Waals surface area contributed by atoms with Gasteiger partial charge in [0.1, 0.15) is 11.9 Å². The highest BCUT2D eigenvalue weighted by Gasteiger charge is 2.21. The van der Waals surface area contributed by atoms with Crippen LogP contribution in [-0.2, 0) is 4.79 Å². The van der Waals surface area contributed by atoms with Crippen molar-refractivity contribution in [3.05, 3.63) is 35.0 Å². The van der Waals surface area contributed by atoms with Crippen molar-refractivity contribution in [1.82, 2.24) is 5.32 Å². The number of thioether (sulfide) groups is 1. The quantitative estimate of drug-likeness (QED) is 0.856. The van der Waals surface area contributed by atoms with Crippen molar-refractivity contribution in [3.63, 3.8) is 0 Å². The van der Waals surface area contributed by atoms with Gasteiger partial charge in [0, 0.05) is 4.70 Å². The fraction of sp³-hybridized carbons (Fsp3) is 0.286. The number of thiophene rings is 1. The summed E-state index contributed by atoms with van der Waals surface area (Å²) >= 11 is 2.74. The molecular weight excluding hydrogens is 313 g/mol. The van der Waals surface area contributed by atoms with Crippen LogP contribution in [0.3, 0.4) is 0 Å². The number of halogens is 1. The summed E-state index contributed by atoms with van der Waals surface area (Å²) in [4.78, 5) is 23.6. The lowest BCUT2D eigenvalue weighted by atomic mass is 10.2. The lowest BCUT2D eigenvalue weighted by Crippen LogP contribution is -2.40. The van der Waals surface area contributed by atoms with E-state index in [0.29, 0.717) is 22.4 Å². The van der Waals surface area contributed by atoms with E-state index in [2.05, 4.69) is 5.32 Å². The zero-order valence-corrected chi connectivity index (χ0v) is 12.9. The molecule has 1 heterocycles. The second-order valence-electron chi connectivity index (χ2n) is 4.44.